The van der Waals surface area contributed by atoms with Gasteiger partial charge in [0, 0.05) is 30.9 Å². The maximum Gasteiger partial charge on any atom is 0.292 e. The van der Waals surface area contributed by atoms with Crippen molar-refractivity contribution in [1.29, 1.82) is 0 Å². The predicted octanol–water partition coefficient (Wildman–Crippen LogP) is 1.68. The van der Waals surface area contributed by atoms with E-state index in [1.54, 1.807) is 12.1 Å². The second kappa shape index (κ2) is 5.22. The third kappa shape index (κ3) is 3.10. The van der Waals surface area contributed by atoms with Gasteiger partial charge in [0.15, 0.2) is 0 Å². The Balaban J connectivity index is 1.85. The highest BCUT2D eigenvalue weighted by Crippen LogP contribution is 2.26. The van der Waals surface area contributed by atoms with Crippen LogP contribution in [-0.4, -0.2) is 36.0 Å². The summed E-state index contributed by atoms with van der Waals surface area (Å²) < 4.78 is 0. The first-order valence-corrected chi connectivity index (χ1v) is 6.06. The summed E-state index contributed by atoms with van der Waals surface area (Å²) in [5.41, 5.74) is 6.59. The maximum absolute atomic E-state index is 10.6. The van der Waals surface area contributed by atoms with E-state index in [1.807, 2.05) is 0 Å². The van der Waals surface area contributed by atoms with Crippen LogP contribution in [0.3, 0.4) is 0 Å². The van der Waals surface area contributed by atoms with Gasteiger partial charge in [-0.25, -0.2) is 0 Å². The van der Waals surface area contributed by atoms with E-state index >= 15 is 0 Å². The van der Waals surface area contributed by atoms with Gasteiger partial charge in [0.2, 0.25) is 0 Å². The van der Waals surface area contributed by atoms with Gasteiger partial charge in [-0.2, -0.15) is 0 Å². The molecule has 1 aromatic carbocycles. The van der Waals surface area contributed by atoms with E-state index < -0.39 is 4.92 Å². The first-order valence-electron chi connectivity index (χ1n) is 6.06. The number of likely N-dealkylation sites (N-methyl/N-ethyl adjacent to an activating group) is 1. The number of nitrogen functional groups attached to an aromatic ring is 1. The summed E-state index contributed by atoms with van der Waals surface area (Å²) in [5, 5.41) is 13.8. The Labute approximate surface area is 106 Å². The molecule has 1 aliphatic rings. The molecule has 0 aromatic heterocycles. The highest BCUT2D eigenvalue weighted by molar-refractivity contribution is 5.65. The summed E-state index contributed by atoms with van der Waals surface area (Å²) in [7, 11) is 2.11. The van der Waals surface area contributed by atoms with Gasteiger partial charge in [0.1, 0.15) is 5.69 Å². The number of nitrogens with two attached hydrogens (primary N) is 1. The molecule has 1 aliphatic carbocycles. The van der Waals surface area contributed by atoms with Gasteiger partial charge in [0.25, 0.3) is 5.69 Å². The summed E-state index contributed by atoms with van der Waals surface area (Å²) in [6.45, 7) is 1.77. The van der Waals surface area contributed by atoms with Crippen molar-refractivity contribution < 1.29 is 4.92 Å². The molecule has 0 saturated heterocycles. The molecule has 18 heavy (non-hydrogen) atoms. The fraction of sp³-hybridized carbons (Fsp3) is 0.500. The number of nitro groups is 1. The largest absolute Gasteiger partial charge is 0.393 e. The smallest absolute Gasteiger partial charge is 0.292 e. The highest BCUT2D eigenvalue weighted by atomic mass is 16.6. The summed E-state index contributed by atoms with van der Waals surface area (Å²) in [6, 6.07) is 5.47. The van der Waals surface area contributed by atoms with E-state index in [0.29, 0.717) is 0 Å². The molecule has 0 atom stereocenters. The molecule has 0 spiro atoms. The molecule has 0 heterocycles. The molecule has 0 aliphatic heterocycles. The quantitative estimate of drug-likeness (QED) is 0.456. The van der Waals surface area contributed by atoms with Gasteiger partial charge in [-0.3, -0.25) is 10.1 Å². The standard InChI is InChI=1S/C12H18N4O2/c1-15(10-3-4-10)7-6-14-9-2-5-12(16(17)18)11(13)8-9/h2,5,8,10,14H,3-4,6-7,13H2,1H3. The molecule has 98 valence electrons. The number of rotatable bonds is 6. The van der Waals surface area contributed by atoms with Crippen LogP contribution in [0.2, 0.25) is 0 Å². The zero-order chi connectivity index (χ0) is 13.1. The molecule has 1 saturated carbocycles. The molecule has 6 heteroatoms. The van der Waals surface area contributed by atoms with E-state index in [4.69, 9.17) is 5.73 Å². The topological polar surface area (TPSA) is 84.4 Å². The van der Waals surface area contributed by atoms with E-state index in [2.05, 4.69) is 17.3 Å². The van der Waals surface area contributed by atoms with Crippen molar-refractivity contribution >= 4 is 17.1 Å². The average molecular weight is 250 g/mol. The fourth-order valence-corrected chi connectivity index (χ4v) is 1.91. The number of nitro benzene ring substituents is 1. The minimum atomic E-state index is -0.472. The van der Waals surface area contributed by atoms with E-state index in [0.717, 1.165) is 24.8 Å². The third-order valence-corrected chi connectivity index (χ3v) is 3.19. The first-order chi connectivity index (χ1) is 8.58. The van der Waals surface area contributed by atoms with Crippen LogP contribution in [0.1, 0.15) is 12.8 Å². The second-order valence-electron chi connectivity index (χ2n) is 4.67. The molecule has 0 bridgehead atoms. The molecular weight excluding hydrogens is 232 g/mol. The third-order valence-electron chi connectivity index (χ3n) is 3.19. The number of nitrogens with zero attached hydrogens (tertiary/aromatic N) is 2. The lowest BCUT2D eigenvalue weighted by Crippen LogP contribution is -2.27. The first kappa shape index (κ1) is 12.6. The van der Waals surface area contributed by atoms with Gasteiger partial charge in [0.05, 0.1) is 4.92 Å². The Hall–Kier alpha value is -1.82. The normalized spacial score (nSPS) is 14.8. The number of anilines is 2. The Morgan fingerprint density at radius 3 is 2.83 bits per heavy atom. The monoisotopic (exact) mass is 250 g/mol. The van der Waals surface area contributed by atoms with Crippen LogP contribution in [-0.2, 0) is 0 Å². The van der Waals surface area contributed by atoms with Crippen LogP contribution in [0, 0.1) is 10.1 Å². The fourth-order valence-electron chi connectivity index (χ4n) is 1.91. The van der Waals surface area contributed by atoms with Crippen molar-refractivity contribution in [3.63, 3.8) is 0 Å². The van der Waals surface area contributed by atoms with Crippen molar-refractivity contribution in [3.8, 4) is 0 Å². The number of hydrogen-bond acceptors (Lipinski definition) is 5. The average Bonchev–Trinajstić information content (AvgIpc) is 3.12. The van der Waals surface area contributed by atoms with Crippen LogP contribution < -0.4 is 11.1 Å². The minimum Gasteiger partial charge on any atom is -0.393 e. The Morgan fingerprint density at radius 2 is 2.28 bits per heavy atom. The van der Waals surface area contributed by atoms with E-state index in [9.17, 15) is 10.1 Å². The lowest BCUT2D eigenvalue weighted by atomic mass is 10.2. The molecule has 1 aromatic rings. The van der Waals surface area contributed by atoms with Crippen LogP contribution in [0.4, 0.5) is 17.1 Å². The summed E-state index contributed by atoms with van der Waals surface area (Å²) in [4.78, 5) is 12.5. The number of nitrogens with one attached hydrogen (secondary N) is 1. The molecule has 2 rings (SSSR count). The van der Waals surface area contributed by atoms with E-state index in [1.165, 1.54) is 18.9 Å². The highest BCUT2D eigenvalue weighted by Gasteiger charge is 2.25. The molecule has 1 fully saturated rings. The van der Waals surface area contributed by atoms with Crippen molar-refractivity contribution in [3.05, 3.63) is 28.3 Å². The van der Waals surface area contributed by atoms with Crippen molar-refractivity contribution in [2.75, 3.05) is 31.2 Å². The number of benzene rings is 1. The maximum atomic E-state index is 10.6. The second-order valence-corrected chi connectivity index (χ2v) is 4.67. The zero-order valence-electron chi connectivity index (χ0n) is 10.4. The molecular formula is C12H18N4O2. The summed E-state index contributed by atoms with van der Waals surface area (Å²) >= 11 is 0. The number of hydrogen-bond donors (Lipinski definition) is 2. The zero-order valence-corrected chi connectivity index (χ0v) is 10.4. The lowest BCUT2D eigenvalue weighted by Gasteiger charge is -2.16. The van der Waals surface area contributed by atoms with Crippen LogP contribution in [0.15, 0.2) is 18.2 Å². The van der Waals surface area contributed by atoms with Crippen molar-refractivity contribution in [2.45, 2.75) is 18.9 Å². The van der Waals surface area contributed by atoms with Gasteiger partial charge in [-0.05, 0) is 32.0 Å². The van der Waals surface area contributed by atoms with Gasteiger partial charge in [-0.1, -0.05) is 0 Å². The lowest BCUT2D eigenvalue weighted by molar-refractivity contribution is -0.383. The van der Waals surface area contributed by atoms with Crippen molar-refractivity contribution in [2.24, 2.45) is 0 Å². The minimum absolute atomic E-state index is 0.0457. The Bertz CT molecular complexity index is 446. The van der Waals surface area contributed by atoms with Gasteiger partial charge < -0.3 is 16.0 Å². The summed E-state index contributed by atoms with van der Waals surface area (Å²) in [5.74, 6) is 0. The molecule has 3 N–H and O–H groups in total. The Kier molecular flexibility index (Phi) is 3.66. The van der Waals surface area contributed by atoms with Gasteiger partial charge in [-0.15, -0.1) is 0 Å². The predicted molar refractivity (Wildman–Crippen MR) is 71.7 cm³/mol. The van der Waals surface area contributed by atoms with Crippen LogP contribution >= 0.6 is 0 Å². The SMILES string of the molecule is CN(CCNc1ccc([N+](=O)[O-])c(N)c1)C1CC1. The van der Waals surface area contributed by atoms with Gasteiger partial charge >= 0.3 is 0 Å². The summed E-state index contributed by atoms with van der Waals surface area (Å²) in [6.07, 6.45) is 2.59. The van der Waals surface area contributed by atoms with E-state index in [-0.39, 0.29) is 11.4 Å². The molecule has 6 nitrogen and oxygen atoms in total. The van der Waals surface area contributed by atoms with Crippen molar-refractivity contribution in [1.82, 2.24) is 4.90 Å². The molecule has 0 amide bonds. The van der Waals surface area contributed by atoms with Crippen LogP contribution in [0.25, 0.3) is 0 Å². The van der Waals surface area contributed by atoms with Crippen LogP contribution in [0.5, 0.6) is 0 Å². The molecule has 0 radical (unpaired) electrons. The molecule has 0 unspecified atom stereocenters. The Morgan fingerprint density at radius 1 is 1.56 bits per heavy atom.